The average Bonchev–Trinajstić information content (AvgIpc) is 2.65. The van der Waals surface area contributed by atoms with Crippen LogP contribution in [0, 0.1) is 0 Å². The first-order valence-electron chi connectivity index (χ1n) is 8.50. The van der Waals surface area contributed by atoms with Crippen molar-refractivity contribution in [1.29, 1.82) is 0 Å². The van der Waals surface area contributed by atoms with Gasteiger partial charge in [-0.1, -0.05) is 29.8 Å². The number of hydrogen-bond acceptors (Lipinski definition) is 4. The van der Waals surface area contributed by atoms with Gasteiger partial charge in [-0.15, -0.1) is 0 Å². The number of ether oxygens (including phenoxy) is 2. The molecule has 0 saturated heterocycles. The Balaban J connectivity index is 1.91. The summed E-state index contributed by atoms with van der Waals surface area (Å²) in [5, 5.41) is 11.9. The number of carbonyl (C=O) groups is 2. The van der Waals surface area contributed by atoms with Crippen molar-refractivity contribution in [3.8, 4) is 11.5 Å². The first-order chi connectivity index (χ1) is 13.0. The molecular formula is C20H22ClNO5. The first kappa shape index (κ1) is 20.6. The number of benzene rings is 2. The predicted molar refractivity (Wildman–Crippen MR) is 102 cm³/mol. The molecular weight excluding hydrogens is 370 g/mol. The second-order valence-electron chi connectivity index (χ2n) is 5.90. The molecule has 144 valence electrons. The summed E-state index contributed by atoms with van der Waals surface area (Å²) in [6, 6.07) is 13.0. The maximum atomic E-state index is 11.6. The molecule has 0 atom stereocenters. The molecule has 27 heavy (non-hydrogen) atoms. The van der Waals surface area contributed by atoms with Crippen LogP contribution in [0.4, 0.5) is 0 Å². The van der Waals surface area contributed by atoms with Gasteiger partial charge in [0.1, 0.15) is 6.61 Å². The lowest BCUT2D eigenvalue weighted by molar-refractivity contribution is -0.138. The Bertz CT molecular complexity index is 794. The van der Waals surface area contributed by atoms with Crippen LogP contribution in [0.3, 0.4) is 0 Å². The van der Waals surface area contributed by atoms with E-state index in [1.165, 1.54) is 0 Å². The Hall–Kier alpha value is -2.73. The van der Waals surface area contributed by atoms with Crippen molar-refractivity contribution in [2.45, 2.75) is 25.9 Å². The van der Waals surface area contributed by atoms with E-state index in [9.17, 15) is 9.59 Å². The van der Waals surface area contributed by atoms with Crippen molar-refractivity contribution in [2.24, 2.45) is 0 Å². The predicted octanol–water partition coefficient (Wildman–Crippen LogP) is 3.45. The number of rotatable bonds is 10. The zero-order valence-electron chi connectivity index (χ0n) is 15.0. The first-order valence-corrected chi connectivity index (χ1v) is 8.88. The van der Waals surface area contributed by atoms with E-state index >= 15 is 0 Å². The third kappa shape index (κ3) is 7.19. The molecule has 0 radical (unpaired) electrons. The maximum absolute atomic E-state index is 11.6. The van der Waals surface area contributed by atoms with Crippen molar-refractivity contribution in [3.05, 3.63) is 58.6 Å². The van der Waals surface area contributed by atoms with Crippen molar-refractivity contribution in [1.82, 2.24) is 5.32 Å². The summed E-state index contributed by atoms with van der Waals surface area (Å²) < 4.78 is 11.2. The molecule has 2 aromatic rings. The van der Waals surface area contributed by atoms with Crippen molar-refractivity contribution in [2.75, 3.05) is 13.7 Å². The second kappa shape index (κ2) is 10.4. The molecule has 0 bridgehead atoms. The lowest BCUT2D eigenvalue weighted by Crippen LogP contribution is -2.26. The van der Waals surface area contributed by atoms with Crippen molar-refractivity contribution < 1.29 is 24.2 Å². The number of amides is 1. The number of nitrogens with one attached hydrogen (secondary N) is 1. The highest BCUT2D eigenvalue weighted by molar-refractivity contribution is 6.30. The van der Waals surface area contributed by atoms with Crippen LogP contribution < -0.4 is 14.8 Å². The summed E-state index contributed by atoms with van der Waals surface area (Å²) in [7, 11) is 1.57. The van der Waals surface area contributed by atoms with E-state index in [-0.39, 0.29) is 18.7 Å². The number of carboxylic acid groups (broad SMARTS) is 1. The molecule has 0 fully saturated rings. The van der Waals surface area contributed by atoms with E-state index in [0.29, 0.717) is 36.1 Å². The minimum atomic E-state index is -0.984. The summed E-state index contributed by atoms with van der Waals surface area (Å²) in [5.41, 5.74) is 1.91. The maximum Gasteiger partial charge on any atom is 0.303 e. The van der Waals surface area contributed by atoms with Crippen LogP contribution in [0.15, 0.2) is 42.5 Å². The van der Waals surface area contributed by atoms with E-state index < -0.39 is 5.97 Å². The fourth-order valence-electron chi connectivity index (χ4n) is 2.43. The van der Waals surface area contributed by atoms with E-state index in [4.69, 9.17) is 26.2 Å². The lowest BCUT2D eigenvalue weighted by Gasteiger charge is -2.13. The van der Waals surface area contributed by atoms with Crippen LogP contribution in [0.1, 0.15) is 24.0 Å². The van der Waals surface area contributed by atoms with Gasteiger partial charge in [-0.3, -0.25) is 9.59 Å². The third-order valence-electron chi connectivity index (χ3n) is 3.81. The second-order valence-corrected chi connectivity index (χ2v) is 6.33. The van der Waals surface area contributed by atoms with E-state index in [2.05, 4.69) is 5.32 Å². The van der Waals surface area contributed by atoms with Gasteiger partial charge in [-0.25, -0.2) is 0 Å². The van der Waals surface area contributed by atoms with Gasteiger partial charge in [-0.05, 0) is 41.8 Å². The largest absolute Gasteiger partial charge is 0.493 e. The summed E-state index contributed by atoms with van der Waals surface area (Å²) in [6.45, 7) is 0.769. The fraction of sp³-hybridized carbons (Fsp3) is 0.300. The summed E-state index contributed by atoms with van der Waals surface area (Å²) in [5.74, 6) is -0.0383. The van der Waals surface area contributed by atoms with E-state index in [0.717, 1.165) is 11.1 Å². The van der Waals surface area contributed by atoms with E-state index in [1.807, 2.05) is 36.4 Å². The minimum Gasteiger partial charge on any atom is -0.493 e. The number of methoxy groups -OCH3 is 1. The Labute approximate surface area is 163 Å². The van der Waals surface area contributed by atoms with Gasteiger partial charge < -0.3 is 19.9 Å². The molecule has 0 aliphatic carbocycles. The number of hydrogen-bond donors (Lipinski definition) is 2. The zero-order valence-corrected chi connectivity index (χ0v) is 15.8. The monoisotopic (exact) mass is 391 g/mol. The summed E-state index contributed by atoms with van der Waals surface area (Å²) in [4.78, 5) is 22.0. The Morgan fingerprint density at radius 1 is 1.07 bits per heavy atom. The van der Waals surface area contributed by atoms with Crippen LogP contribution >= 0.6 is 11.6 Å². The highest BCUT2D eigenvalue weighted by atomic mass is 35.5. The van der Waals surface area contributed by atoms with Crippen molar-refractivity contribution >= 4 is 23.5 Å². The molecule has 0 saturated carbocycles. The van der Waals surface area contributed by atoms with Crippen LogP contribution in [0.25, 0.3) is 0 Å². The van der Waals surface area contributed by atoms with Crippen LogP contribution in [-0.2, 0) is 22.6 Å². The Morgan fingerprint density at radius 2 is 1.89 bits per heavy atom. The van der Waals surface area contributed by atoms with Crippen LogP contribution in [0.2, 0.25) is 5.02 Å². The zero-order chi connectivity index (χ0) is 19.6. The lowest BCUT2D eigenvalue weighted by atomic mass is 10.1. The van der Waals surface area contributed by atoms with Gasteiger partial charge in [0.2, 0.25) is 5.91 Å². The molecule has 1 amide bonds. The van der Waals surface area contributed by atoms with Gasteiger partial charge in [0.25, 0.3) is 0 Å². The fourth-order valence-corrected chi connectivity index (χ4v) is 2.65. The van der Waals surface area contributed by atoms with Gasteiger partial charge in [0.05, 0.1) is 13.5 Å². The average molecular weight is 392 g/mol. The van der Waals surface area contributed by atoms with Gasteiger partial charge in [0.15, 0.2) is 11.5 Å². The normalized spacial score (nSPS) is 10.3. The summed E-state index contributed by atoms with van der Waals surface area (Å²) >= 11 is 5.99. The molecule has 7 heteroatoms. The Morgan fingerprint density at radius 3 is 2.59 bits per heavy atom. The van der Waals surface area contributed by atoms with E-state index in [1.54, 1.807) is 13.2 Å². The molecule has 2 N–H and O–H groups in total. The van der Waals surface area contributed by atoms with Crippen LogP contribution in [-0.4, -0.2) is 30.6 Å². The van der Waals surface area contributed by atoms with Gasteiger partial charge in [-0.2, -0.15) is 0 Å². The molecule has 0 aromatic heterocycles. The highest BCUT2D eigenvalue weighted by Crippen LogP contribution is 2.29. The van der Waals surface area contributed by atoms with Gasteiger partial charge >= 0.3 is 5.97 Å². The Kier molecular flexibility index (Phi) is 7.95. The highest BCUT2D eigenvalue weighted by Gasteiger charge is 2.08. The standard InChI is InChI=1S/C20H22ClNO5/c1-26-17-6-5-14(9-10-22-19(23)7-8-20(24)25)12-18(17)27-13-15-3-2-4-16(21)11-15/h2-6,11-12H,7-10,13H2,1H3,(H,22,23)(H,24,25). The quantitative estimate of drug-likeness (QED) is 0.648. The molecule has 0 heterocycles. The minimum absolute atomic E-state index is 0.0219. The molecule has 6 nitrogen and oxygen atoms in total. The number of carbonyl (C=O) groups excluding carboxylic acids is 1. The number of aliphatic carboxylic acids is 1. The molecule has 2 rings (SSSR count). The number of carboxylic acids is 1. The van der Waals surface area contributed by atoms with Crippen molar-refractivity contribution in [3.63, 3.8) is 0 Å². The molecule has 0 unspecified atom stereocenters. The smallest absolute Gasteiger partial charge is 0.303 e. The SMILES string of the molecule is COc1ccc(CCNC(=O)CCC(=O)O)cc1OCc1cccc(Cl)c1. The summed E-state index contributed by atoms with van der Waals surface area (Å²) in [6.07, 6.45) is 0.401. The van der Waals surface area contributed by atoms with Crippen LogP contribution in [0.5, 0.6) is 11.5 Å². The topological polar surface area (TPSA) is 84.9 Å². The molecule has 0 aliphatic heterocycles. The van der Waals surface area contributed by atoms with Gasteiger partial charge in [0, 0.05) is 18.0 Å². The molecule has 0 aliphatic rings. The molecule has 2 aromatic carbocycles. The third-order valence-corrected chi connectivity index (χ3v) is 4.05. The number of halogens is 1. The molecule has 0 spiro atoms.